The molecule has 0 spiro atoms. The van der Waals surface area contributed by atoms with E-state index in [0.717, 1.165) is 102 Å². The van der Waals surface area contributed by atoms with E-state index in [9.17, 15) is 18.6 Å². The molecule has 6 aromatic heterocycles. The Hall–Kier alpha value is -6.53. The summed E-state index contributed by atoms with van der Waals surface area (Å²) in [5, 5.41) is 38.3. The normalized spacial score (nSPS) is 12.6. The number of benzene rings is 2. The lowest BCUT2D eigenvalue weighted by Crippen LogP contribution is -2.40. The van der Waals surface area contributed by atoms with Crippen LogP contribution >= 0.6 is 34.8 Å². The van der Waals surface area contributed by atoms with E-state index in [4.69, 9.17) is 53.2 Å². The minimum absolute atomic E-state index is 0.0584. The van der Waals surface area contributed by atoms with Crippen LogP contribution in [0.5, 0.6) is 11.5 Å². The van der Waals surface area contributed by atoms with E-state index < -0.39 is 22.6 Å². The SMILES string of the molecule is CCC(Oc1ccc(C)cc1C)C(=O)Nc1ccc(OCCCc2nnc3c(Cl)c(C)[nH]n23)cc1.CCCCCCCCC(CCCCCCCC)CS(=O)OCCc1nnc2c(Cl)c(C)[nH]n12.CCCCOC(=O)C(CC)CC(C)(C)C(=O)NCCCc1[nH]n2nc(CCCC)nc2c1Cl. The molecule has 2 aromatic carbocycles. The van der Waals surface area contributed by atoms with Crippen LogP contribution in [0.25, 0.3) is 16.9 Å². The number of aromatic amines is 3. The number of halogens is 3. The van der Waals surface area contributed by atoms with Gasteiger partial charge in [-0.25, -0.2) is 18.2 Å². The largest absolute Gasteiger partial charge is 0.494 e. The third kappa shape index (κ3) is 26.9. The van der Waals surface area contributed by atoms with Crippen LogP contribution in [-0.4, -0.2) is 120 Å². The standard InChI is InChI=1S/C26H30ClN5O3.C25H45ClN4O2S.C24H40ClN5O3/c1-5-21(35-22-13-8-16(2)15-17(22)3)26(33)28-19-9-11-20(12-10-19)34-14-6-7-23-29-30-25-24(27)18(4)31-32(23)25;1-4-6-8-10-12-14-16-22(17-15-13-11-9-7-5-2)20-33(31)32-19-18-23-27-28-25-24(26)21(3)29-30(23)25;1-6-9-13-19-27-21-20(25)18(28-30(21)29-19)12-11-14-26-23(32)24(4,5)16-17(8-3)22(31)33-15-10-7-2/h8-13,15,21,31H,5-7,14H2,1-4H3,(H,28,33);22,29H,4-20H2,1-3H3;17,28H,6-16H2,1-5H3,(H,26,32). The Bertz CT molecular complexity index is 3770. The van der Waals surface area contributed by atoms with Crippen molar-refractivity contribution < 1.29 is 37.0 Å². The van der Waals surface area contributed by atoms with Gasteiger partial charge in [0.1, 0.15) is 26.6 Å². The van der Waals surface area contributed by atoms with Gasteiger partial charge in [-0.2, -0.15) is 4.63 Å². The summed E-state index contributed by atoms with van der Waals surface area (Å²) < 4.78 is 40.8. The van der Waals surface area contributed by atoms with Crippen LogP contribution in [0.1, 0.15) is 249 Å². The Kier molecular flexibility index (Phi) is 36.5. The van der Waals surface area contributed by atoms with Gasteiger partial charge in [-0.3, -0.25) is 33.9 Å². The molecule has 101 heavy (non-hydrogen) atoms. The molecular weight excluding hydrogens is 1360 g/mol. The third-order valence-electron chi connectivity index (χ3n) is 18.0. The smallest absolute Gasteiger partial charge is 0.308 e. The number of hydrogen-bond acceptors (Lipinski definition) is 14. The number of esters is 1. The maximum absolute atomic E-state index is 12.8. The molecule has 6 heterocycles. The summed E-state index contributed by atoms with van der Waals surface area (Å²) in [6, 6.07) is 13.3. The van der Waals surface area contributed by atoms with Gasteiger partial charge in [0.25, 0.3) is 5.91 Å². The minimum atomic E-state index is -1.26. The van der Waals surface area contributed by atoms with Gasteiger partial charge >= 0.3 is 5.97 Å². The number of amides is 2. The van der Waals surface area contributed by atoms with Gasteiger partial charge in [0, 0.05) is 36.9 Å². The number of aromatic nitrogens is 12. The summed E-state index contributed by atoms with van der Waals surface area (Å²) in [6.45, 7) is 26.0. The monoisotopic (exact) mass is 1480 g/mol. The summed E-state index contributed by atoms with van der Waals surface area (Å²) in [5.74, 6) is 4.23. The van der Waals surface area contributed by atoms with Crippen molar-refractivity contribution in [1.29, 1.82) is 0 Å². The van der Waals surface area contributed by atoms with E-state index in [-0.39, 0.29) is 23.7 Å². The van der Waals surface area contributed by atoms with Crippen LogP contribution < -0.4 is 20.1 Å². The first-order valence-corrected chi connectivity index (χ1v) is 39.5. The van der Waals surface area contributed by atoms with Crippen LogP contribution in [0.2, 0.25) is 15.1 Å². The van der Waals surface area contributed by atoms with Crippen molar-refractivity contribution in [3.8, 4) is 11.5 Å². The molecule has 560 valence electrons. The average molecular weight is 1480 g/mol. The number of carbonyl (C=O) groups is 3. The topological polar surface area (TPSA) is 267 Å². The molecule has 0 fully saturated rings. The second-order valence-corrected chi connectivity index (χ2v) is 29.6. The van der Waals surface area contributed by atoms with Crippen LogP contribution in [0, 0.1) is 44.9 Å². The predicted octanol–water partition coefficient (Wildman–Crippen LogP) is 17.7. The first-order valence-electron chi connectivity index (χ1n) is 37.2. The number of fused-ring (bicyclic) bond motifs is 3. The Labute approximate surface area is 616 Å². The number of rotatable bonds is 45. The van der Waals surface area contributed by atoms with Gasteiger partial charge in [0.2, 0.25) is 5.91 Å². The zero-order valence-electron chi connectivity index (χ0n) is 62.2. The van der Waals surface area contributed by atoms with Crippen LogP contribution in [0.15, 0.2) is 42.5 Å². The molecule has 0 aliphatic heterocycles. The molecule has 8 aromatic rings. The number of ether oxygens (including phenoxy) is 3. The molecule has 0 saturated heterocycles. The number of hydrogen-bond donors (Lipinski definition) is 5. The number of H-pyrrole nitrogens is 3. The first kappa shape index (κ1) is 83.4. The average Bonchev–Trinajstić information content (AvgIpc) is 1.66. The molecule has 0 saturated carbocycles. The summed E-state index contributed by atoms with van der Waals surface area (Å²) in [6.07, 6.45) is 27.3. The van der Waals surface area contributed by atoms with Gasteiger partial charge in [0.15, 0.2) is 51.6 Å². The fourth-order valence-corrected chi connectivity index (χ4v) is 13.5. The fraction of sp³-hybridized carbons (Fsp3) is 0.640. The maximum atomic E-state index is 12.8. The lowest BCUT2D eigenvalue weighted by atomic mass is 9.81. The van der Waals surface area contributed by atoms with E-state index in [1.807, 2.05) is 102 Å². The third-order valence-corrected chi connectivity index (χ3v) is 20.5. The maximum Gasteiger partial charge on any atom is 0.308 e. The van der Waals surface area contributed by atoms with E-state index in [2.05, 4.69) is 84.1 Å². The number of aryl methyl sites for hydroxylation is 7. The molecule has 5 N–H and O–H groups in total. The molecule has 0 radical (unpaired) electrons. The number of carbonyl (C=O) groups excluding carboxylic acids is 3. The lowest BCUT2D eigenvalue weighted by Gasteiger charge is -2.27. The molecule has 3 atom stereocenters. The molecule has 22 nitrogen and oxygen atoms in total. The van der Waals surface area contributed by atoms with Gasteiger partial charge in [0.05, 0.1) is 48.6 Å². The molecule has 26 heteroatoms. The zero-order chi connectivity index (χ0) is 73.3. The Morgan fingerprint density at radius 1 is 0.624 bits per heavy atom. The quantitative estimate of drug-likeness (QED) is 0.0176. The Morgan fingerprint density at radius 3 is 1.81 bits per heavy atom. The van der Waals surface area contributed by atoms with Crippen LogP contribution in [0.4, 0.5) is 5.69 Å². The molecule has 0 aliphatic carbocycles. The van der Waals surface area contributed by atoms with Crippen molar-refractivity contribution >= 4 is 86.3 Å². The van der Waals surface area contributed by atoms with E-state index in [0.29, 0.717) is 114 Å². The highest BCUT2D eigenvalue weighted by molar-refractivity contribution is 7.80. The highest BCUT2D eigenvalue weighted by atomic mass is 35.5. The Morgan fingerprint density at radius 2 is 1.23 bits per heavy atom. The van der Waals surface area contributed by atoms with Crippen molar-refractivity contribution in [1.82, 2.24) is 64.8 Å². The highest BCUT2D eigenvalue weighted by Crippen LogP contribution is 2.30. The molecule has 2 amide bonds. The number of anilines is 1. The van der Waals surface area contributed by atoms with Gasteiger partial charge in [-0.1, -0.05) is 198 Å². The first-order chi connectivity index (χ1) is 48.6. The zero-order valence-corrected chi connectivity index (χ0v) is 65.3. The van der Waals surface area contributed by atoms with Crippen LogP contribution in [0.3, 0.4) is 0 Å². The number of unbranched alkanes of at least 4 members (excludes halogenated alkanes) is 12. The van der Waals surface area contributed by atoms with Gasteiger partial charge < -0.3 is 24.8 Å². The van der Waals surface area contributed by atoms with Crippen molar-refractivity contribution in [2.75, 3.05) is 37.4 Å². The van der Waals surface area contributed by atoms with Crippen molar-refractivity contribution in [3.63, 3.8) is 0 Å². The molecule has 0 bridgehead atoms. The summed E-state index contributed by atoms with van der Waals surface area (Å²) in [7, 11) is 0. The van der Waals surface area contributed by atoms with Gasteiger partial charge in [-0.05, 0) is 134 Å². The van der Waals surface area contributed by atoms with E-state index in [1.165, 1.54) is 89.9 Å². The second-order valence-electron chi connectivity index (χ2n) is 27.3. The van der Waals surface area contributed by atoms with E-state index >= 15 is 0 Å². The Balaban J connectivity index is 0.000000239. The summed E-state index contributed by atoms with van der Waals surface area (Å²) in [4.78, 5) is 42.4. The lowest BCUT2D eigenvalue weighted by molar-refractivity contribution is -0.150. The minimum Gasteiger partial charge on any atom is -0.494 e. The number of nitrogens with one attached hydrogen (secondary N) is 5. The molecule has 8 rings (SSSR count). The fourth-order valence-electron chi connectivity index (χ4n) is 11.9. The van der Waals surface area contributed by atoms with Crippen molar-refractivity contribution in [3.05, 3.63) is 103 Å². The van der Waals surface area contributed by atoms with Crippen molar-refractivity contribution in [2.24, 2.45) is 17.3 Å². The highest BCUT2D eigenvalue weighted by Gasteiger charge is 2.34. The number of nitrogens with zero attached hydrogens (tertiary/aromatic N) is 9. The van der Waals surface area contributed by atoms with Crippen molar-refractivity contribution in [2.45, 2.75) is 263 Å². The summed E-state index contributed by atoms with van der Waals surface area (Å²) >= 11 is 17.6. The van der Waals surface area contributed by atoms with E-state index in [1.54, 1.807) is 9.15 Å². The second kappa shape index (κ2) is 44.2. The van der Waals surface area contributed by atoms with Gasteiger partial charge in [-0.15, -0.1) is 25.5 Å². The molecule has 0 aliphatic rings. The summed E-state index contributed by atoms with van der Waals surface area (Å²) in [5.41, 5.74) is 6.71. The molecule has 3 unspecified atom stereocenters. The molecular formula is C75H115Cl3N14O8S. The predicted molar refractivity (Wildman–Crippen MR) is 406 cm³/mol. The van der Waals surface area contributed by atoms with Crippen LogP contribution in [-0.2, 0) is 60.1 Å².